The third kappa shape index (κ3) is 5.53. The van der Waals surface area contributed by atoms with Gasteiger partial charge in [0.05, 0.1) is 18.7 Å². The van der Waals surface area contributed by atoms with Gasteiger partial charge >= 0.3 is 12.2 Å². The molecule has 0 radical (unpaired) electrons. The number of anilines is 2. The number of nitrogens with one attached hydrogen (secondary N) is 1. The minimum absolute atomic E-state index is 0.0388. The molecule has 2 heterocycles. The Morgan fingerprint density at radius 2 is 1.94 bits per heavy atom. The van der Waals surface area contributed by atoms with Crippen molar-refractivity contribution >= 4 is 29.6 Å². The fourth-order valence-electron chi connectivity index (χ4n) is 3.54. The van der Waals surface area contributed by atoms with Crippen LogP contribution >= 0.6 is 0 Å². The maximum Gasteiger partial charge on any atom is 0.412 e. The molecule has 2 aromatic rings. The zero-order valence-corrected chi connectivity index (χ0v) is 18.0. The second-order valence-corrected chi connectivity index (χ2v) is 8.37. The molecule has 1 aliphatic heterocycles. The first-order chi connectivity index (χ1) is 14.5. The van der Waals surface area contributed by atoms with Crippen LogP contribution in [0, 0.1) is 0 Å². The number of nitrogens with two attached hydrogens (primary N) is 1. The van der Waals surface area contributed by atoms with E-state index in [0.29, 0.717) is 12.1 Å². The number of carbonyl (C=O) groups excluding carboxylic acids is 3. The molecule has 1 aromatic heterocycles. The van der Waals surface area contributed by atoms with Gasteiger partial charge < -0.3 is 15.2 Å². The fourth-order valence-corrected chi connectivity index (χ4v) is 3.54. The minimum Gasteiger partial charge on any atom is -0.444 e. The Balaban J connectivity index is 1.94. The molecule has 2 atom stereocenters. The Kier molecular flexibility index (Phi) is 6.19. The third-order valence-corrected chi connectivity index (χ3v) is 4.63. The molecule has 1 aromatic carbocycles. The van der Waals surface area contributed by atoms with E-state index in [0.717, 1.165) is 5.56 Å². The smallest absolute Gasteiger partial charge is 0.412 e. The zero-order valence-electron chi connectivity index (χ0n) is 18.0. The highest BCUT2D eigenvalue weighted by Crippen LogP contribution is 2.34. The molecule has 31 heavy (non-hydrogen) atoms. The summed E-state index contributed by atoms with van der Waals surface area (Å²) < 4.78 is 12.0. The summed E-state index contributed by atoms with van der Waals surface area (Å²) in [5, 5.41) is 7.03. The lowest BCUT2D eigenvalue weighted by Gasteiger charge is -2.27. The number of benzene rings is 1. The molecular formula is C21H27N5O5. The fraction of sp³-hybridized carbons (Fsp3) is 0.429. The molecule has 0 aliphatic carbocycles. The van der Waals surface area contributed by atoms with Crippen LogP contribution in [0.25, 0.3) is 0 Å². The van der Waals surface area contributed by atoms with Gasteiger partial charge in [-0.2, -0.15) is 5.10 Å². The van der Waals surface area contributed by atoms with Crippen LogP contribution in [0.2, 0.25) is 0 Å². The molecule has 166 valence electrons. The van der Waals surface area contributed by atoms with Crippen molar-refractivity contribution in [2.75, 3.05) is 10.2 Å². The van der Waals surface area contributed by atoms with Crippen LogP contribution < -0.4 is 16.0 Å². The summed E-state index contributed by atoms with van der Waals surface area (Å²) in [6.07, 6.45) is -0.421. The van der Waals surface area contributed by atoms with Gasteiger partial charge in [-0.25, -0.2) is 9.59 Å². The highest BCUT2D eigenvalue weighted by atomic mass is 16.6. The molecule has 0 bridgehead atoms. The first-order valence-electron chi connectivity index (χ1n) is 9.89. The van der Waals surface area contributed by atoms with Crippen LogP contribution in [0.3, 0.4) is 0 Å². The number of carbonyl (C=O) groups is 3. The summed E-state index contributed by atoms with van der Waals surface area (Å²) >= 11 is 0. The van der Waals surface area contributed by atoms with Gasteiger partial charge in [-0.1, -0.05) is 30.3 Å². The average Bonchev–Trinajstić information content (AvgIpc) is 3.12. The van der Waals surface area contributed by atoms with Crippen molar-refractivity contribution in [1.82, 2.24) is 9.78 Å². The molecule has 0 saturated carbocycles. The quantitative estimate of drug-likeness (QED) is 0.752. The average molecular weight is 429 g/mol. The van der Waals surface area contributed by atoms with Gasteiger partial charge in [0.25, 0.3) is 0 Å². The number of primary amides is 1. The van der Waals surface area contributed by atoms with Crippen LogP contribution in [-0.2, 0) is 27.7 Å². The summed E-state index contributed by atoms with van der Waals surface area (Å²) in [6, 6.07) is 8.95. The Morgan fingerprint density at radius 3 is 2.55 bits per heavy atom. The van der Waals surface area contributed by atoms with E-state index in [1.165, 1.54) is 9.58 Å². The highest BCUT2D eigenvalue weighted by molar-refractivity contribution is 6.01. The molecule has 1 unspecified atom stereocenters. The van der Waals surface area contributed by atoms with E-state index in [1.54, 1.807) is 34.0 Å². The maximum atomic E-state index is 12.9. The van der Waals surface area contributed by atoms with Crippen molar-refractivity contribution < 1.29 is 23.9 Å². The maximum absolute atomic E-state index is 12.9. The highest BCUT2D eigenvalue weighted by Gasteiger charge is 2.45. The van der Waals surface area contributed by atoms with Gasteiger partial charge in [-0.05, 0) is 32.8 Å². The number of rotatable bonds is 5. The Morgan fingerprint density at radius 1 is 1.26 bits per heavy atom. The monoisotopic (exact) mass is 429 g/mol. The second-order valence-electron chi connectivity index (χ2n) is 8.37. The van der Waals surface area contributed by atoms with Crippen LogP contribution in [0.15, 0.2) is 36.5 Å². The molecular weight excluding hydrogens is 402 g/mol. The van der Waals surface area contributed by atoms with Crippen molar-refractivity contribution in [1.29, 1.82) is 0 Å². The predicted octanol–water partition coefficient (Wildman–Crippen LogP) is 2.58. The third-order valence-electron chi connectivity index (χ3n) is 4.63. The molecule has 10 nitrogen and oxygen atoms in total. The summed E-state index contributed by atoms with van der Waals surface area (Å²) in [5.74, 6) is -0.0482. The van der Waals surface area contributed by atoms with Crippen LogP contribution in [0.4, 0.5) is 21.1 Å². The number of hydrogen-bond donors (Lipinski definition) is 2. The number of aromatic nitrogens is 2. The first-order valence-corrected chi connectivity index (χ1v) is 9.89. The van der Waals surface area contributed by atoms with Crippen LogP contribution in [0.1, 0.15) is 32.8 Å². The first kappa shape index (κ1) is 22.1. The molecule has 10 heteroatoms. The molecule has 1 aliphatic rings. The Labute approximate surface area is 180 Å². The molecule has 3 amide bonds. The van der Waals surface area contributed by atoms with Gasteiger partial charge in [0.1, 0.15) is 17.4 Å². The summed E-state index contributed by atoms with van der Waals surface area (Å²) in [4.78, 5) is 38.1. The number of aryl methyl sites for hydroxylation is 1. The normalized spacial score (nSPS) is 18.7. The minimum atomic E-state index is -0.953. The number of hydrogen-bond acceptors (Lipinski definition) is 6. The SMILES string of the molecule is Cn1cc(NC(=O)OC(C)(C)C)c(N2C(=O)C[C@H](OC(N)=O)C2Cc2ccccc2)n1. The van der Waals surface area contributed by atoms with E-state index in [9.17, 15) is 14.4 Å². The summed E-state index contributed by atoms with van der Waals surface area (Å²) in [7, 11) is 1.67. The predicted molar refractivity (Wildman–Crippen MR) is 114 cm³/mol. The van der Waals surface area contributed by atoms with Crippen molar-refractivity contribution in [3.05, 3.63) is 42.1 Å². The molecule has 1 fully saturated rings. The molecule has 3 N–H and O–H groups in total. The lowest BCUT2D eigenvalue weighted by Crippen LogP contribution is -2.41. The van der Waals surface area contributed by atoms with E-state index < -0.39 is 29.9 Å². The van der Waals surface area contributed by atoms with Crippen LogP contribution in [0.5, 0.6) is 0 Å². The van der Waals surface area contributed by atoms with E-state index >= 15 is 0 Å². The number of amides is 3. The zero-order chi connectivity index (χ0) is 22.8. The van der Waals surface area contributed by atoms with Gasteiger partial charge in [0.2, 0.25) is 5.91 Å². The van der Waals surface area contributed by atoms with E-state index in [-0.39, 0.29) is 18.1 Å². The van der Waals surface area contributed by atoms with Gasteiger partial charge in [0, 0.05) is 7.05 Å². The van der Waals surface area contributed by atoms with Crippen molar-refractivity contribution in [2.45, 2.75) is 51.4 Å². The number of nitrogens with zero attached hydrogens (tertiary/aromatic N) is 3. The molecule has 0 spiro atoms. The second kappa shape index (κ2) is 8.66. The van der Waals surface area contributed by atoms with E-state index in [4.69, 9.17) is 15.2 Å². The van der Waals surface area contributed by atoms with E-state index in [1.807, 2.05) is 30.3 Å². The summed E-state index contributed by atoms with van der Waals surface area (Å²) in [6.45, 7) is 5.26. The largest absolute Gasteiger partial charge is 0.444 e. The Bertz CT molecular complexity index is 966. The lowest BCUT2D eigenvalue weighted by molar-refractivity contribution is -0.117. The molecule has 1 saturated heterocycles. The van der Waals surface area contributed by atoms with Gasteiger partial charge in [-0.3, -0.25) is 19.7 Å². The van der Waals surface area contributed by atoms with Gasteiger partial charge in [-0.15, -0.1) is 0 Å². The Hall–Kier alpha value is -3.56. The molecule has 3 rings (SSSR count). The van der Waals surface area contributed by atoms with Crippen molar-refractivity contribution in [3.8, 4) is 0 Å². The van der Waals surface area contributed by atoms with Crippen molar-refractivity contribution in [2.24, 2.45) is 12.8 Å². The standard InChI is InChI=1S/C21H27N5O5/c1-21(2,3)31-20(29)23-14-12-25(4)24-18(14)26-15(10-13-8-6-5-7-9-13)16(11-17(26)27)30-19(22)28/h5-9,12,15-16H,10-11H2,1-4H3,(H2,22,28)(H,23,29)/t15?,16-/m0/s1. The van der Waals surface area contributed by atoms with Crippen molar-refractivity contribution in [3.63, 3.8) is 0 Å². The topological polar surface area (TPSA) is 129 Å². The summed E-state index contributed by atoms with van der Waals surface area (Å²) in [5.41, 5.74) is 5.80. The number of ether oxygens (including phenoxy) is 2. The lowest BCUT2D eigenvalue weighted by atomic mass is 10.0. The van der Waals surface area contributed by atoms with E-state index in [2.05, 4.69) is 10.4 Å². The van der Waals surface area contributed by atoms with Crippen LogP contribution in [-0.4, -0.2) is 45.6 Å². The van der Waals surface area contributed by atoms with Gasteiger partial charge in [0.15, 0.2) is 5.82 Å².